The van der Waals surface area contributed by atoms with E-state index in [0.717, 1.165) is 37.8 Å². The zero-order chi connectivity index (χ0) is 14.8. The van der Waals surface area contributed by atoms with Gasteiger partial charge in [0.2, 0.25) is 11.8 Å². The molecule has 1 aliphatic heterocycles. The van der Waals surface area contributed by atoms with Crippen molar-refractivity contribution in [3.05, 3.63) is 18.0 Å². The van der Waals surface area contributed by atoms with E-state index in [4.69, 9.17) is 0 Å². The van der Waals surface area contributed by atoms with Gasteiger partial charge in [0.15, 0.2) is 0 Å². The highest BCUT2D eigenvalue weighted by Gasteiger charge is 2.36. The number of nitrogens with one attached hydrogen (secondary N) is 2. The Balaban J connectivity index is 1.55. The van der Waals surface area contributed by atoms with Crippen LogP contribution in [0.25, 0.3) is 0 Å². The highest BCUT2D eigenvalue weighted by Crippen LogP contribution is 2.32. The second-order valence-corrected chi connectivity index (χ2v) is 6.16. The van der Waals surface area contributed by atoms with Crippen LogP contribution in [0.5, 0.6) is 0 Å². The first kappa shape index (κ1) is 14.1. The van der Waals surface area contributed by atoms with Crippen molar-refractivity contribution in [2.75, 3.05) is 13.1 Å². The third kappa shape index (κ3) is 3.25. The molecule has 114 valence electrons. The lowest BCUT2D eigenvalue weighted by atomic mass is 9.96. The molecule has 2 aliphatic rings. The number of amides is 2. The highest BCUT2D eigenvalue weighted by atomic mass is 16.2. The van der Waals surface area contributed by atoms with Gasteiger partial charge in [0.05, 0.1) is 18.2 Å². The number of H-pyrrole nitrogens is 1. The summed E-state index contributed by atoms with van der Waals surface area (Å²) < 4.78 is 0. The van der Waals surface area contributed by atoms with Crippen molar-refractivity contribution in [3.8, 4) is 0 Å². The van der Waals surface area contributed by atoms with E-state index in [0.29, 0.717) is 6.54 Å². The number of hydrogen-bond acceptors (Lipinski definition) is 3. The van der Waals surface area contributed by atoms with E-state index in [1.54, 1.807) is 12.4 Å². The standard InChI is InChI=1S/C15H22N4O2/c1-10(13-7-16-17-8-13)18-14(20)12-3-2-6-19(9-12)15(21)11-4-5-11/h7-8,10-12H,2-6,9H2,1H3,(H,16,17)(H,18,20). The van der Waals surface area contributed by atoms with Gasteiger partial charge >= 0.3 is 0 Å². The van der Waals surface area contributed by atoms with E-state index in [2.05, 4.69) is 15.5 Å². The number of aromatic nitrogens is 2. The molecule has 2 N–H and O–H groups in total. The average Bonchev–Trinajstić information content (AvgIpc) is 3.20. The molecule has 2 fully saturated rings. The van der Waals surface area contributed by atoms with Crippen molar-refractivity contribution in [2.24, 2.45) is 11.8 Å². The fraction of sp³-hybridized carbons (Fsp3) is 0.667. The van der Waals surface area contributed by atoms with Gasteiger partial charge in [-0.15, -0.1) is 0 Å². The summed E-state index contributed by atoms with van der Waals surface area (Å²) in [5.41, 5.74) is 0.963. The molecule has 0 spiro atoms. The van der Waals surface area contributed by atoms with Gasteiger partial charge in [-0.05, 0) is 32.6 Å². The van der Waals surface area contributed by atoms with E-state index in [1.807, 2.05) is 11.8 Å². The maximum Gasteiger partial charge on any atom is 0.225 e. The number of carbonyl (C=O) groups excluding carboxylic acids is 2. The minimum atomic E-state index is -0.0872. The summed E-state index contributed by atoms with van der Waals surface area (Å²) in [4.78, 5) is 26.4. The van der Waals surface area contributed by atoms with E-state index >= 15 is 0 Å². The first-order valence-electron chi connectivity index (χ1n) is 7.73. The first-order chi connectivity index (χ1) is 10.1. The second-order valence-electron chi connectivity index (χ2n) is 6.16. The van der Waals surface area contributed by atoms with Gasteiger partial charge in [-0.1, -0.05) is 0 Å². The zero-order valence-corrected chi connectivity index (χ0v) is 12.3. The molecule has 3 rings (SSSR count). The molecule has 2 heterocycles. The molecule has 0 bridgehead atoms. The van der Waals surface area contributed by atoms with Gasteiger partial charge in [0, 0.05) is 30.8 Å². The Morgan fingerprint density at radius 2 is 2.19 bits per heavy atom. The van der Waals surface area contributed by atoms with E-state index in [-0.39, 0.29) is 29.7 Å². The number of piperidine rings is 1. The van der Waals surface area contributed by atoms with Gasteiger partial charge < -0.3 is 10.2 Å². The molecule has 1 aromatic heterocycles. The molecule has 1 aliphatic carbocycles. The summed E-state index contributed by atoms with van der Waals surface area (Å²) >= 11 is 0. The van der Waals surface area contributed by atoms with Crippen LogP contribution in [0.4, 0.5) is 0 Å². The average molecular weight is 290 g/mol. The Hall–Kier alpha value is -1.85. The summed E-state index contributed by atoms with van der Waals surface area (Å²) in [5, 5.41) is 9.67. The molecule has 0 radical (unpaired) electrons. The van der Waals surface area contributed by atoms with Crippen LogP contribution in [0.1, 0.15) is 44.2 Å². The summed E-state index contributed by atoms with van der Waals surface area (Å²) in [7, 11) is 0. The highest BCUT2D eigenvalue weighted by molar-refractivity contribution is 5.83. The Morgan fingerprint density at radius 3 is 2.86 bits per heavy atom. The van der Waals surface area contributed by atoms with Crippen LogP contribution in [0.15, 0.2) is 12.4 Å². The molecular weight excluding hydrogens is 268 g/mol. The third-order valence-electron chi connectivity index (χ3n) is 4.41. The van der Waals surface area contributed by atoms with Crippen molar-refractivity contribution in [3.63, 3.8) is 0 Å². The SMILES string of the molecule is CC(NC(=O)C1CCCN(C(=O)C2CC2)C1)c1cn[nH]c1. The number of hydrogen-bond donors (Lipinski definition) is 2. The van der Waals surface area contributed by atoms with Crippen molar-refractivity contribution >= 4 is 11.8 Å². The van der Waals surface area contributed by atoms with Crippen molar-refractivity contribution in [2.45, 2.75) is 38.6 Å². The molecule has 0 aromatic carbocycles. The number of carbonyl (C=O) groups is 2. The summed E-state index contributed by atoms with van der Waals surface area (Å²) in [6.45, 7) is 3.31. The summed E-state index contributed by atoms with van der Waals surface area (Å²) in [6, 6.07) is -0.0641. The van der Waals surface area contributed by atoms with Crippen LogP contribution in [0, 0.1) is 11.8 Å². The van der Waals surface area contributed by atoms with Crippen molar-refractivity contribution in [1.29, 1.82) is 0 Å². The van der Waals surface area contributed by atoms with Crippen LogP contribution in [-0.2, 0) is 9.59 Å². The minimum Gasteiger partial charge on any atom is -0.349 e. The Labute approximate surface area is 124 Å². The number of rotatable bonds is 4. The molecule has 2 unspecified atom stereocenters. The quantitative estimate of drug-likeness (QED) is 0.875. The Morgan fingerprint density at radius 1 is 1.38 bits per heavy atom. The predicted octanol–water partition coefficient (Wildman–Crippen LogP) is 1.24. The van der Waals surface area contributed by atoms with Gasteiger partial charge in [-0.25, -0.2) is 0 Å². The van der Waals surface area contributed by atoms with Gasteiger partial charge in [-0.2, -0.15) is 5.10 Å². The largest absolute Gasteiger partial charge is 0.349 e. The van der Waals surface area contributed by atoms with Crippen LogP contribution >= 0.6 is 0 Å². The molecule has 21 heavy (non-hydrogen) atoms. The Kier molecular flexibility index (Phi) is 3.94. The maximum absolute atomic E-state index is 12.4. The topological polar surface area (TPSA) is 78.1 Å². The molecule has 1 saturated carbocycles. The zero-order valence-electron chi connectivity index (χ0n) is 12.3. The molecule has 1 saturated heterocycles. The molecule has 1 aromatic rings. The number of nitrogens with zero attached hydrogens (tertiary/aromatic N) is 2. The molecular formula is C15H22N4O2. The fourth-order valence-electron chi connectivity index (χ4n) is 2.89. The summed E-state index contributed by atoms with van der Waals surface area (Å²) in [5.74, 6) is 0.430. The summed E-state index contributed by atoms with van der Waals surface area (Å²) in [6.07, 6.45) is 7.31. The third-order valence-corrected chi connectivity index (χ3v) is 4.41. The monoisotopic (exact) mass is 290 g/mol. The second kappa shape index (κ2) is 5.87. The van der Waals surface area contributed by atoms with Crippen LogP contribution < -0.4 is 5.32 Å². The lowest BCUT2D eigenvalue weighted by Gasteiger charge is -2.32. The van der Waals surface area contributed by atoms with E-state index < -0.39 is 0 Å². The lowest BCUT2D eigenvalue weighted by molar-refractivity contribution is -0.137. The first-order valence-corrected chi connectivity index (χ1v) is 7.73. The molecule has 6 heteroatoms. The van der Waals surface area contributed by atoms with E-state index in [9.17, 15) is 9.59 Å². The van der Waals surface area contributed by atoms with Crippen LogP contribution in [0.3, 0.4) is 0 Å². The molecule has 6 nitrogen and oxygen atoms in total. The molecule has 2 amide bonds. The van der Waals surface area contributed by atoms with E-state index in [1.165, 1.54) is 0 Å². The van der Waals surface area contributed by atoms with Crippen molar-refractivity contribution < 1.29 is 9.59 Å². The number of aromatic amines is 1. The van der Waals surface area contributed by atoms with Crippen LogP contribution in [0.2, 0.25) is 0 Å². The maximum atomic E-state index is 12.4. The van der Waals surface area contributed by atoms with Crippen molar-refractivity contribution in [1.82, 2.24) is 20.4 Å². The lowest BCUT2D eigenvalue weighted by Crippen LogP contribution is -2.46. The fourth-order valence-corrected chi connectivity index (χ4v) is 2.89. The Bertz CT molecular complexity index is 510. The normalized spacial score (nSPS) is 23.7. The van der Waals surface area contributed by atoms with Gasteiger partial charge in [0.25, 0.3) is 0 Å². The van der Waals surface area contributed by atoms with Crippen LogP contribution in [-0.4, -0.2) is 40.0 Å². The predicted molar refractivity (Wildman–Crippen MR) is 77.2 cm³/mol. The minimum absolute atomic E-state index is 0.0389. The number of likely N-dealkylation sites (tertiary alicyclic amines) is 1. The smallest absolute Gasteiger partial charge is 0.225 e. The van der Waals surface area contributed by atoms with Gasteiger partial charge in [-0.3, -0.25) is 14.7 Å². The van der Waals surface area contributed by atoms with Gasteiger partial charge in [0.1, 0.15) is 0 Å². The molecule has 2 atom stereocenters.